The molecule has 1 atom stereocenters. The number of nitrogens with one attached hydrogen (secondary N) is 1. The first-order valence-electron chi connectivity index (χ1n) is 5.81. The van der Waals surface area contributed by atoms with Crippen LogP contribution in [0, 0.1) is 0 Å². The van der Waals surface area contributed by atoms with Crippen LogP contribution in [0.15, 0.2) is 6.07 Å². The lowest BCUT2D eigenvalue weighted by Crippen LogP contribution is -2.28. The predicted octanol–water partition coefficient (Wildman–Crippen LogP) is 0.554. The number of aliphatic carboxylic acids is 1. The highest BCUT2D eigenvalue weighted by molar-refractivity contribution is 5.98. The van der Waals surface area contributed by atoms with Crippen molar-refractivity contribution in [3.05, 3.63) is 22.9 Å². The van der Waals surface area contributed by atoms with Crippen LogP contribution >= 0.6 is 0 Å². The number of aromatic nitrogens is 1. The van der Waals surface area contributed by atoms with E-state index in [0.717, 1.165) is 30.5 Å². The number of carbonyl (C=O) groups excluding carboxylic acids is 1. The highest BCUT2D eigenvalue weighted by atomic mass is 16.4. The van der Waals surface area contributed by atoms with Gasteiger partial charge in [-0.05, 0) is 37.8 Å². The molecule has 1 unspecified atom stereocenters. The van der Waals surface area contributed by atoms with E-state index in [4.69, 9.17) is 10.8 Å². The number of carboxylic acid groups (broad SMARTS) is 1. The summed E-state index contributed by atoms with van der Waals surface area (Å²) in [6, 6.07) is 0.893. The third kappa shape index (κ3) is 2.27. The van der Waals surface area contributed by atoms with Gasteiger partial charge in [0.1, 0.15) is 11.9 Å². The zero-order valence-electron chi connectivity index (χ0n) is 10.1. The largest absolute Gasteiger partial charge is 0.480 e. The van der Waals surface area contributed by atoms with Crippen LogP contribution in [0.1, 0.15) is 35.0 Å². The van der Waals surface area contributed by atoms with Crippen LogP contribution in [-0.4, -0.2) is 28.0 Å². The van der Waals surface area contributed by atoms with Crippen molar-refractivity contribution in [2.24, 2.45) is 5.73 Å². The van der Waals surface area contributed by atoms with E-state index in [1.165, 1.54) is 6.92 Å². The first-order valence-corrected chi connectivity index (χ1v) is 5.81. The Balaban J connectivity index is 2.38. The van der Waals surface area contributed by atoms with Crippen molar-refractivity contribution in [1.82, 2.24) is 4.98 Å². The SMILES string of the molecule is CC(Nc1nc2c(cc1C(N)=O)CCC2)C(=O)O. The molecule has 0 saturated heterocycles. The third-order valence-corrected chi connectivity index (χ3v) is 3.04. The van der Waals surface area contributed by atoms with E-state index in [1.54, 1.807) is 6.07 Å². The zero-order chi connectivity index (χ0) is 13.3. The number of amides is 1. The van der Waals surface area contributed by atoms with Crippen molar-refractivity contribution in [2.45, 2.75) is 32.2 Å². The van der Waals surface area contributed by atoms with E-state index < -0.39 is 17.9 Å². The topological polar surface area (TPSA) is 105 Å². The molecule has 0 saturated carbocycles. The fourth-order valence-corrected chi connectivity index (χ4v) is 2.04. The van der Waals surface area contributed by atoms with Gasteiger partial charge in [-0.25, -0.2) is 4.98 Å². The van der Waals surface area contributed by atoms with Gasteiger partial charge in [0.25, 0.3) is 5.91 Å². The number of aryl methyl sites for hydroxylation is 2. The molecule has 2 rings (SSSR count). The van der Waals surface area contributed by atoms with Gasteiger partial charge in [0.2, 0.25) is 0 Å². The molecule has 6 nitrogen and oxygen atoms in total. The van der Waals surface area contributed by atoms with Crippen LogP contribution in [0.5, 0.6) is 0 Å². The van der Waals surface area contributed by atoms with Gasteiger partial charge < -0.3 is 16.2 Å². The number of nitrogens with two attached hydrogens (primary N) is 1. The smallest absolute Gasteiger partial charge is 0.325 e. The maximum Gasteiger partial charge on any atom is 0.325 e. The molecule has 1 aromatic rings. The summed E-state index contributed by atoms with van der Waals surface area (Å²) in [4.78, 5) is 26.5. The fraction of sp³-hybridized carbons (Fsp3) is 0.417. The number of primary amides is 1. The standard InChI is InChI=1S/C12H15N3O3/c1-6(12(17)18)14-11-8(10(13)16)5-7-3-2-4-9(7)15-11/h5-6H,2-4H2,1H3,(H2,13,16)(H,14,15)(H,17,18). The van der Waals surface area contributed by atoms with Crippen molar-refractivity contribution in [3.8, 4) is 0 Å². The minimum atomic E-state index is -1.01. The first kappa shape index (κ1) is 12.3. The Labute approximate surface area is 104 Å². The summed E-state index contributed by atoms with van der Waals surface area (Å²) in [5, 5.41) is 11.6. The molecule has 0 aliphatic heterocycles. The second-order valence-corrected chi connectivity index (χ2v) is 4.41. The lowest BCUT2D eigenvalue weighted by atomic mass is 10.1. The molecule has 1 aliphatic rings. The quantitative estimate of drug-likeness (QED) is 0.722. The summed E-state index contributed by atoms with van der Waals surface area (Å²) < 4.78 is 0. The Morgan fingerprint density at radius 2 is 2.22 bits per heavy atom. The Kier molecular flexibility index (Phi) is 3.18. The molecule has 0 bridgehead atoms. The normalized spacial score (nSPS) is 14.9. The Morgan fingerprint density at radius 1 is 1.50 bits per heavy atom. The summed E-state index contributed by atoms with van der Waals surface area (Å²) in [6.45, 7) is 1.49. The minimum Gasteiger partial charge on any atom is -0.480 e. The van der Waals surface area contributed by atoms with Gasteiger partial charge in [-0.3, -0.25) is 9.59 Å². The number of nitrogens with zero attached hydrogens (tertiary/aromatic N) is 1. The van der Waals surface area contributed by atoms with E-state index >= 15 is 0 Å². The molecular formula is C12H15N3O3. The number of carboxylic acids is 1. The van der Waals surface area contributed by atoms with Gasteiger partial charge in [-0.2, -0.15) is 0 Å². The highest BCUT2D eigenvalue weighted by Gasteiger charge is 2.21. The van der Waals surface area contributed by atoms with E-state index in [2.05, 4.69) is 10.3 Å². The Bertz CT molecular complexity index is 514. The summed E-state index contributed by atoms with van der Waals surface area (Å²) in [5.41, 5.74) is 7.49. The van der Waals surface area contributed by atoms with Gasteiger partial charge in [0, 0.05) is 5.69 Å². The molecule has 1 aromatic heterocycles. The molecule has 18 heavy (non-hydrogen) atoms. The van der Waals surface area contributed by atoms with E-state index in [9.17, 15) is 9.59 Å². The molecule has 1 aliphatic carbocycles. The Morgan fingerprint density at radius 3 is 2.83 bits per heavy atom. The zero-order valence-corrected chi connectivity index (χ0v) is 10.1. The molecule has 0 fully saturated rings. The lowest BCUT2D eigenvalue weighted by Gasteiger charge is -2.14. The number of rotatable bonds is 4. The summed E-state index contributed by atoms with van der Waals surface area (Å²) in [7, 11) is 0. The number of hydrogen-bond acceptors (Lipinski definition) is 4. The van der Waals surface area contributed by atoms with Crippen molar-refractivity contribution >= 4 is 17.7 Å². The second-order valence-electron chi connectivity index (χ2n) is 4.41. The molecule has 0 aromatic carbocycles. The fourth-order valence-electron chi connectivity index (χ4n) is 2.04. The van der Waals surface area contributed by atoms with Crippen molar-refractivity contribution < 1.29 is 14.7 Å². The number of anilines is 1. The molecule has 4 N–H and O–H groups in total. The second kappa shape index (κ2) is 4.64. The molecule has 96 valence electrons. The summed E-state index contributed by atoms with van der Waals surface area (Å²) >= 11 is 0. The predicted molar refractivity (Wildman–Crippen MR) is 65.5 cm³/mol. The maximum atomic E-state index is 11.4. The number of carbonyl (C=O) groups is 2. The average molecular weight is 249 g/mol. The van der Waals surface area contributed by atoms with Crippen LogP contribution in [0.25, 0.3) is 0 Å². The van der Waals surface area contributed by atoms with Gasteiger partial charge in [-0.15, -0.1) is 0 Å². The van der Waals surface area contributed by atoms with Crippen molar-refractivity contribution in [2.75, 3.05) is 5.32 Å². The van der Waals surface area contributed by atoms with E-state index in [0.29, 0.717) is 0 Å². The average Bonchev–Trinajstić information content (AvgIpc) is 2.74. The monoisotopic (exact) mass is 249 g/mol. The van der Waals surface area contributed by atoms with Crippen LogP contribution in [-0.2, 0) is 17.6 Å². The maximum absolute atomic E-state index is 11.4. The van der Waals surface area contributed by atoms with Gasteiger partial charge in [0.15, 0.2) is 0 Å². The summed E-state index contributed by atoms with van der Waals surface area (Å²) in [5.74, 6) is -1.34. The van der Waals surface area contributed by atoms with E-state index in [1.807, 2.05) is 0 Å². The molecule has 6 heteroatoms. The third-order valence-electron chi connectivity index (χ3n) is 3.04. The van der Waals surface area contributed by atoms with Crippen LogP contribution in [0.4, 0.5) is 5.82 Å². The minimum absolute atomic E-state index is 0.253. The van der Waals surface area contributed by atoms with E-state index in [-0.39, 0.29) is 11.4 Å². The van der Waals surface area contributed by atoms with Gasteiger partial charge in [-0.1, -0.05) is 0 Å². The van der Waals surface area contributed by atoms with Crippen LogP contribution < -0.4 is 11.1 Å². The van der Waals surface area contributed by atoms with Crippen molar-refractivity contribution in [1.29, 1.82) is 0 Å². The van der Waals surface area contributed by atoms with Crippen LogP contribution in [0.2, 0.25) is 0 Å². The van der Waals surface area contributed by atoms with Crippen LogP contribution in [0.3, 0.4) is 0 Å². The van der Waals surface area contributed by atoms with Gasteiger partial charge in [0.05, 0.1) is 5.56 Å². The molecule has 1 amide bonds. The molecule has 0 spiro atoms. The molecular weight excluding hydrogens is 234 g/mol. The summed E-state index contributed by atoms with van der Waals surface area (Å²) in [6.07, 6.45) is 2.74. The molecule has 0 radical (unpaired) electrons. The first-order chi connectivity index (χ1) is 8.49. The van der Waals surface area contributed by atoms with Crippen molar-refractivity contribution in [3.63, 3.8) is 0 Å². The Hall–Kier alpha value is -2.11. The number of pyridine rings is 1. The van der Waals surface area contributed by atoms with Gasteiger partial charge >= 0.3 is 5.97 Å². The number of hydrogen-bond donors (Lipinski definition) is 3. The highest BCUT2D eigenvalue weighted by Crippen LogP contribution is 2.25. The lowest BCUT2D eigenvalue weighted by molar-refractivity contribution is -0.137. The molecule has 1 heterocycles. The number of fused-ring (bicyclic) bond motifs is 1.